The number of anilines is 1. The first-order valence-corrected chi connectivity index (χ1v) is 6.34. The van der Waals surface area contributed by atoms with Crippen LogP contribution in [0.3, 0.4) is 0 Å². The van der Waals surface area contributed by atoms with Gasteiger partial charge in [-0.2, -0.15) is 0 Å². The summed E-state index contributed by atoms with van der Waals surface area (Å²) < 4.78 is 5.13. The Bertz CT molecular complexity index is 539. The highest BCUT2D eigenvalue weighted by Crippen LogP contribution is 2.17. The van der Waals surface area contributed by atoms with Crippen molar-refractivity contribution < 1.29 is 9.84 Å². The van der Waals surface area contributed by atoms with Crippen molar-refractivity contribution in [3.05, 3.63) is 30.0 Å². The number of benzene rings is 1. The Hall–Kier alpha value is -1.72. The number of ether oxygens (including phenoxy) is 1. The van der Waals surface area contributed by atoms with Crippen LogP contribution in [0.1, 0.15) is 12.1 Å². The van der Waals surface area contributed by atoms with Crippen molar-refractivity contribution in [2.45, 2.75) is 19.4 Å². The van der Waals surface area contributed by atoms with Crippen LogP contribution in [-0.4, -0.2) is 41.4 Å². The smallest absolute Gasteiger partial charge is 0.148 e. The molecule has 0 aliphatic heterocycles. The summed E-state index contributed by atoms with van der Waals surface area (Å²) in [5.74, 6) is 0.745. The van der Waals surface area contributed by atoms with Crippen molar-refractivity contribution in [3.8, 4) is 0 Å². The van der Waals surface area contributed by atoms with Gasteiger partial charge in [0.1, 0.15) is 5.82 Å². The van der Waals surface area contributed by atoms with E-state index in [2.05, 4.69) is 15.3 Å². The zero-order valence-electron chi connectivity index (χ0n) is 11.3. The van der Waals surface area contributed by atoms with E-state index in [1.54, 1.807) is 7.11 Å². The molecule has 0 aliphatic carbocycles. The van der Waals surface area contributed by atoms with Crippen molar-refractivity contribution in [1.29, 1.82) is 0 Å². The molecule has 0 amide bonds. The number of aliphatic hydroxyl groups excluding tert-OH is 1. The third kappa shape index (κ3) is 3.39. The molecule has 1 aromatic carbocycles. The predicted molar refractivity (Wildman–Crippen MR) is 75.3 cm³/mol. The van der Waals surface area contributed by atoms with Gasteiger partial charge in [-0.15, -0.1) is 0 Å². The first-order chi connectivity index (χ1) is 9.24. The number of aryl methyl sites for hydroxylation is 1. The number of nitrogens with one attached hydrogen (secondary N) is 1. The Morgan fingerprint density at radius 1 is 1.26 bits per heavy atom. The fourth-order valence-electron chi connectivity index (χ4n) is 1.97. The number of hydrogen-bond donors (Lipinski definition) is 2. The second kappa shape index (κ2) is 6.45. The second-order valence-electron chi connectivity index (χ2n) is 4.46. The Morgan fingerprint density at radius 3 is 2.58 bits per heavy atom. The summed E-state index contributed by atoms with van der Waals surface area (Å²) >= 11 is 0. The van der Waals surface area contributed by atoms with Gasteiger partial charge in [-0.1, -0.05) is 12.1 Å². The molecule has 2 N–H and O–H groups in total. The summed E-state index contributed by atoms with van der Waals surface area (Å²) in [6.07, 6.45) is 0.613. The number of fused-ring (bicyclic) bond motifs is 1. The molecule has 0 aliphatic rings. The number of nitrogens with zero attached hydrogens (tertiary/aromatic N) is 2. The molecule has 1 heterocycles. The third-order valence-electron chi connectivity index (χ3n) is 2.93. The summed E-state index contributed by atoms with van der Waals surface area (Å²) in [6.45, 7) is 2.56. The van der Waals surface area contributed by atoms with Gasteiger partial charge in [0.25, 0.3) is 0 Å². The van der Waals surface area contributed by atoms with E-state index in [9.17, 15) is 0 Å². The van der Waals surface area contributed by atoms with Gasteiger partial charge >= 0.3 is 0 Å². The molecule has 0 fully saturated rings. The molecule has 19 heavy (non-hydrogen) atoms. The molecule has 0 radical (unpaired) electrons. The van der Waals surface area contributed by atoms with Crippen LogP contribution < -0.4 is 5.32 Å². The van der Waals surface area contributed by atoms with Crippen LogP contribution >= 0.6 is 0 Å². The zero-order valence-corrected chi connectivity index (χ0v) is 11.3. The molecule has 0 spiro atoms. The minimum absolute atomic E-state index is 0.0316. The van der Waals surface area contributed by atoms with Crippen LogP contribution in [0.25, 0.3) is 11.0 Å². The number of methoxy groups -OCH3 is 1. The Morgan fingerprint density at radius 2 is 1.95 bits per heavy atom. The van der Waals surface area contributed by atoms with Crippen LogP contribution in [0.2, 0.25) is 0 Å². The lowest BCUT2D eigenvalue weighted by molar-refractivity contribution is 0.170. The summed E-state index contributed by atoms with van der Waals surface area (Å²) in [4.78, 5) is 9.09. The van der Waals surface area contributed by atoms with Crippen molar-refractivity contribution in [3.63, 3.8) is 0 Å². The molecule has 2 aromatic rings. The molecular weight excluding hydrogens is 242 g/mol. The highest BCUT2D eigenvalue weighted by atomic mass is 16.5. The summed E-state index contributed by atoms with van der Waals surface area (Å²) in [6, 6.07) is 7.80. The fraction of sp³-hybridized carbons (Fsp3) is 0.429. The molecule has 5 nitrogen and oxygen atoms in total. The Kier molecular flexibility index (Phi) is 4.65. The standard InChI is InChI=1S/C14H19N3O2/c1-10-14(16-11(7-8-18)9-19-2)17-13-6-4-3-5-12(13)15-10/h3-6,11,18H,7-9H2,1-2H3,(H,16,17). The van der Waals surface area contributed by atoms with Crippen LogP contribution in [0, 0.1) is 6.92 Å². The number of aromatic nitrogens is 2. The average Bonchev–Trinajstić information content (AvgIpc) is 2.40. The van der Waals surface area contributed by atoms with Gasteiger partial charge in [-0.3, -0.25) is 0 Å². The van der Waals surface area contributed by atoms with E-state index in [-0.39, 0.29) is 12.6 Å². The van der Waals surface area contributed by atoms with Gasteiger partial charge in [0.05, 0.1) is 29.4 Å². The van der Waals surface area contributed by atoms with Gasteiger partial charge in [-0.05, 0) is 25.5 Å². The van der Waals surface area contributed by atoms with E-state index in [1.165, 1.54) is 0 Å². The molecule has 0 saturated heterocycles. The summed E-state index contributed by atoms with van der Waals surface area (Å²) in [7, 11) is 1.64. The van der Waals surface area contributed by atoms with E-state index < -0.39 is 0 Å². The monoisotopic (exact) mass is 261 g/mol. The highest BCUT2D eigenvalue weighted by molar-refractivity contribution is 5.76. The second-order valence-corrected chi connectivity index (χ2v) is 4.46. The topological polar surface area (TPSA) is 67.3 Å². The minimum Gasteiger partial charge on any atom is -0.396 e. The first kappa shape index (κ1) is 13.7. The predicted octanol–water partition coefficient (Wildman–Crippen LogP) is 1.75. The SMILES string of the molecule is COCC(CCO)Nc1nc2ccccc2nc1C. The molecule has 1 unspecified atom stereocenters. The normalized spacial score (nSPS) is 12.6. The fourth-order valence-corrected chi connectivity index (χ4v) is 1.97. The van der Waals surface area contributed by atoms with E-state index in [1.807, 2.05) is 31.2 Å². The van der Waals surface area contributed by atoms with Gasteiger partial charge in [0.15, 0.2) is 0 Å². The van der Waals surface area contributed by atoms with Crippen LogP contribution in [0.4, 0.5) is 5.82 Å². The molecule has 102 valence electrons. The molecule has 1 atom stereocenters. The van der Waals surface area contributed by atoms with Gasteiger partial charge in [-0.25, -0.2) is 9.97 Å². The maximum Gasteiger partial charge on any atom is 0.148 e. The van der Waals surface area contributed by atoms with Crippen LogP contribution in [-0.2, 0) is 4.74 Å². The average molecular weight is 261 g/mol. The Balaban J connectivity index is 2.25. The number of hydrogen-bond acceptors (Lipinski definition) is 5. The number of rotatable bonds is 6. The van der Waals surface area contributed by atoms with Crippen LogP contribution in [0.5, 0.6) is 0 Å². The van der Waals surface area contributed by atoms with E-state index in [0.717, 1.165) is 22.5 Å². The van der Waals surface area contributed by atoms with Gasteiger partial charge in [0.2, 0.25) is 0 Å². The van der Waals surface area contributed by atoms with Crippen molar-refractivity contribution in [1.82, 2.24) is 9.97 Å². The molecule has 0 bridgehead atoms. The largest absolute Gasteiger partial charge is 0.396 e. The quantitative estimate of drug-likeness (QED) is 0.829. The lowest BCUT2D eigenvalue weighted by Crippen LogP contribution is -2.27. The van der Waals surface area contributed by atoms with E-state index in [0.29, 0.717) is 13.0 Å². The number of para-hydroxylation sites is 2. The maximum absolute atomic E-state index is 9.05. The van der Waals surface area contributed by atoms with E-state index >= 15 is 0 Å². The summed E-state index contributed by atoms with van der Waals surface area (Å²) in [5, 5.41) is 12.3. The molecule has 1 aromatic heterocycles. The molecule has 2 rings (SSSR count). The van der Waals surface area contributed by atoms with E-state index in [4.69, 9.17) is 9.84 Å². The summed E-state index contributed by atoms with van der Waals surface area (Å²) in [5.41, 5.74) is 2.59. The zero-order chi connectivity index (χ0) is 13.7. The van der Waals surface area contributed by atoms with Gasteiger partial charge < -0.3 is 15.2 Å². The van der Waals surface area contributed by atoms with Crippen molar-refractivity contribution >= 4 is 16.9 Å². The highest BCUT2D eigenvalue weighted by Gasteiger charge is 2.11. The number of aliphatic hydroxyl groups is 1. The molecule has 5 heteroatoms. The first-order valence-electron chi connectivity index (χ1n) is 6.34. The maximum atomic E-state index is 9.05. The molecule has 0 saturated carbocycles. The van der Waals surface area contributed by atoms with Crippen molar-refractivity contribution in [2.24, 2.45) is 0 Å². The van der Waals surface area contributed by atoms with Crippen LogP contribution in [0.15, 0.2) is 24.3 Å². The van der Waals surface area contributed by atoms with Gasteiger partial charge in [0, 0.05) is 13.7 Å². The van der Waals surface area contributed by atoms with Crippen molar-refractivity contribution in [2.75, 3.05) is 25.6 Å². The Labute approximate surface area is 112 Å². The lowest BCUT2D eigenvalue weighted by Gasteiger charge is -2.18. The molecular formula is C14H19N3O2. The minimum atomic E-state index is 0.0316. The third-order valence-corrected chi connectivity index (χ3v) is 2.93. The lowest BCUT2D eigenvalue weighted by atomic mass is 10.2.